The first-order valence-electron chi connectivity index (χ1n) is 10.2. The van der Waals surface area contributed by atoms with E-state index in [1.54, 1.807) is 20.9 Å². The van der Waals surface area contributed by atoms with Crippen molar-refractivity contribution in [2.75, 3.05) is 25.9 Å². The Hall–Kier alpha value is -1.03. The number of rotatable bonds is 4. The van der Waals surface area contributed by atoms with Gasteiger partial charge >= 0.3 is 0 Å². The maximum atomic E-state index is 12.2. The molecule has 1 heterocycles. The van der Waals surface area contributed by atoms with Gasteiger partial charge in [-0.1, -0.05) is 18.6 Å². The Balaban J connectivity index is 0.00000300. The summed E-state index contributed by atoms with van der Waals surface area (Å²) in [4.78, 5) is 6.38. The second kappa shape index (κ2) is 10.3. The van der Waals surface area contributed by atoms with Gasteiger partial charge in [-0.3, -0.25) is 4.99 Å². The van der Waals surface area contributed by atoms with Crippen LogP contribution in [-0.4, -0.2) is 56.0 Å². The van der Waals surface area contributed by atoms with Crippen molar-refractivity contribution < 1.29 is 13.2 Å². The standard InChI is InChI=1S/C21H33N3O3S.HI/c1-21(2)16-24(13-14-28(21,25)26)20(22-3)23-15-17-9-11-19(12-10-17)27-18-7-5-4-6-8-18;/h9-12,18H,4-8,13-16H2,1-3H3,(H,22,23);1H. The Morgan fingerprint density at radius 1 is 1.21 bits per heavy atom. The summed E-state index contributed by atoms with van der Waals surface area (Å²) in [5.74, 6) is 1.84. The van der Waals surface area contributed by atoms with E-state index in [1.807, 2.05) is 17.0 Å². The zero-order chi connectivity index (χ0) is 20.2. The van der Waals surface area contributed by atoms with Crippen molar-refractivity contribution in [1.82, 2.24) is 10.2 Å². The van der Waals surface area contributed by atoms with Gasteiger partial charge in [0.15, 0.2) is 15.8 Å². The zero-order valence-electron chi connectivity index (χ0n) is 17.7. The average molecular weight is 535 g/mol. The van der Waals surface area contributed by atoms with E-state index in [-0.39, 0.29) is 29.7 Å². The molecule has 8 heteroatoms. The van der Waals surface area contributed by atoms with E-state index in [0.29, 0.717) is 25.7 Å². The first-order chi connectivity index (χ1) is 13.3. The maximum absolute atomic E-state index is 12.2. The predicted octanol–water partition coefficient (Wildman–Crippen LogP) is 3.60. The molecule has 0 atom stereocenters. The number of hydrogen-bond donors (Lipinski definition) is 1. The molecule has 1 aromatic rings. The molecule has 2 aliphatic rings. The van der Waals surface area contributed by atoms with Crippen LogP contribution in [0.4, 0.5) is 0 Å². The van der Waals surface area contributed by atoms with Gasteiger partial charge in [0, 0.05) is 26.7 Å². The lowest BCUT2D eigenvalue weighted by molar-refractivity contribution is 0.155. The Morgan fingerprint density at radius 2 is 1.86 bits per heavy atom. The fourth-order valence-corrected chi connectivity index (χ4v) is 5.27. The third kappa shape index (κ3) is 6.23. The van der Waals surface area contributed by atoms with Crippen molar-refractivity contribution in [3.05, 3.63) is 29.8 Å². The van der Waals surface area contributed by atoms with Gasteiger partial charge in [0.1, 0.15) is 5.75 Å². The van der Waals surface area contributed by atoms with Crippen molar-refractivity contribution in [2.45, 2.75) is 63.3 Å². The summed E-state index contributed by atoms with van der Waals surface area (Å²) < 4.78 is 29.8. The summed E-state index contributed by atoms with van der Waals surface area (Å²) in [6.07, 6.45) is 6.52. The molecule has 29 heavy (non-hydrogen) atoms. The number of halogens is 1. The lowest BCUT2D eigenvalue weighted by atomic mass is 9.98. The van der Waals surface area contributed by atoms with Crippen LogP contribution in [0.3, 0.4) is 0 Å². The number of nitrogens with zero attached hydrogens (tertiary/aromatic N) is 2. The summed E-state index contributed by atoms with van der Waals surface area (Å²) >= 11 is 0. The summed E-state index contributed by atoms with van der Waals surface area (Å²) in [5.41, 5.74) is 1.14. The minimum absolute atomic E-state index is 0. The molecular formula is C21H34IN3O3S. The van der Waals surface area contributed by atoms with Gasteiger partial charge < -0.3 is 15.0 Å². The molecular weight excluding hydrogens is 501 g/mol. The molecule has 1 aliphatic carbocycles. The monoisotopic (exact) mass is 535 g/mol. The van der Waals surface area contributed by atoms with Crippen molar-refractivity contribution in [2.24, 2.45) is 4.99 Å². The fraction of sp³-hybridized carbons (Fsp3) is 0.667. The molecule has 1 N–H and O–H groups in total. The van der Waals surface area contributed by atoms with Gasteiger partial charge in [0.05, 0.1) is 16.6 Å². The molecule has 0 radical (unpaired) electrons. The normalized spacial score (nSPS) is 21.9. The van der Waals surface area contributed by atoms with Crippen LogP contribution in [0, 0.1) is 0 Å². The number of guanidine groups is 1. The van der Waals surface area contributed by atoms with E-state index in [9.17, 15) is 8.42 Å². The van der Waals surface area contributed by atoms with Crippen LogP contribution >= 0.6 is 24.0 Å². The number of nitrogens with one attached hydrogen (secondary N) is 1. The molecule has 1 saturated heterocycles. The zero-order valence-corrected chi connectivity index (χ0v) is 20.8. The number of ether oxygens (including phenoxy) is 1. The molecule has 0 bridgehead atoms. The van der Waals surface area contributed by atoms with Crippen LogP contribution in [-0.2, 0) is 16.4 Å². The lowest BCUT2D eigenvalue weighted by Crippen LogP contribution is -2.57. The van der Waals surface area contributed by atoms with Gasteiger partial charge in [0.25, 0.3) is 0 Å². The topological polar surface area (TPSA) is 71.0 Å². The van der Waals surface area contributed by atoms with Crippen LogP contribution in [0.2, 0.25) is 0 Å². The Labute approximate surface area is 192 Å². The van der Waals surface area contributed by atoms with Crippen LogP contribution in [0.5, 0.6) is 5.75 Å². The minimum Gasteiger partial charge on any atom is -0.490 e. The van der Waals surface area contributed by atoms with Crippen LogP contribution in [0.1, 0.15) is 51.5 Å². The molecule has 0 aromatic heterocycles. The largest absolute Gasteiger partial charge is 0.490 e. The van der Waals surface area contributed by atoms with Crippen molar-refractivity contribution in [3.63, 3.8) is 0 Å². The third-order valence-corrected chi connectivity index (χ3v) is 8.32. The molecule has 1 aromatic carbocycles. The Bertz CT molecular complexity index is 788. The summed E-state index contributed by atoms with van der Waals surface area (Å²) in [6.45, 7) is 5.13. The molecule has 0 amide bonds. The summed E-state index contributed by atoms with van der Waals surface area (Å²) in [7, 11) is -1.32. The quantitative estimate of drug-likeness (QED) is 0.363. The molecule has 164 valence electrons. The second-order valence-corrected chi connectivity index (χ2v) is 11.2. The van der Waals surface area contributed by atoms with Gasteiger partial charge in [-0.05, 0) is 57.2 Å². The highest BCUT2D eigenvalue weighted by atomic mass is 127. The van der Waals surface area contributed by atoms with Crippen molar-refractivity contribution >= 4 is 39.8 Å². The van der Waals surface area contributed by atoms with Gasteiger partial charge in [-0.15, -0.1) is 24.0 Å². The van der Waals surface area contributed by atoms with E-state index >= 15 is 0 Å². The average Bonchev–Trinajstić information content (AvgIpc) is 2.67. The molecule has 3 rings (SSSR count). The van der Waals surface area contributed by atoms with Crippen LogP contribution in [0.15, 0.2) is 29.3 Å². The summed E-state index contributed by atoms with van der Waals surface area (Å²) in [6, 6.07) is 8.21. The Kier molecular flexibility index (Phi) is 8.63. The van der Waals surface area contributed by atoms with E-state index in [0.717, 1.165) is 30.1 Å². The minimum atomic E-state index is -3.06. The van der Waals surface area contributed by atoms with Gasteiger partial charge in [-0.2, -0.15) is 0 Å². The molecule has 1 saturated carbocycles. The van der Waals surface area contributed by atoms with Crippen LogP contribution in [0.25, 0.3) is 0 Å². The highest BCUT2D eigenvalue weighted by Gasteiger charge is 2.40. The lowest BCUT2D eigenvalue weighted by Gasteiger charge is -2.39. The number of hydrogen-bond acceptors (Lipinski definition) is 4. The van der Waals surface area contributed by atoms with Crippen molar-refractivity contribution in [1.29, 1.82) is 0 Å². The van der Waals surface area contributed by atoms with E-state index in [1.165, 1.54) is 19.3 Å². The molecule has 1 aliphatic heterocycles. The van der Waals surface area contributed by atoms with Crippen molar-refractivity contribution in [3.8, 4) is 5.75 Å². The van der Waals surface area contributed by atoms with E-state index in [2.05, 4.69) is 22.4 Å². The molecule has 2 fully saturated rings. The maximum Gasteiger partial charge on any atom is 0.193 e. The highest BCUT2D eigenvalue weighted by Crippen LogP contribution is 2.25. The SMILES string of the molecule is CN=C(NCc1ccc(OC2CCCCC2)cc1)N1CCS(=O)(=O)C(C)(C)C1.I. The summed E-state index contributed by atoms with van der Waals surface area (Å²) in [5, 5.41) is 3.36. The van der Waals surface area contributed by atoms with Crippen LogP contribution < -0.4 is 10.1 Å². The van der Waals surface area contributed by atoms with E-state index < -0.39 is 14.6 Å². The first-order valence-corrected chi connectivity index (χ1v) is 11.9. The fourth-order valence-electron chi connectivity index (χ4n) is 3.90. The van der Waals surface area contributed by atoms with Gasteiger partial charge in [0.2, 0.25) is 0 Å². The first kappa shape index (κ1) is 24.2. The molecule has 6 nitrogen and oxygen atoms in total. The molecule has 0 spiro atoms. The predicted molar refractivity (Wildman–Crippen MR) is 129 cm³/mol. The number of aliphatic imine (C=N–C) groups is 1. The smallest absolute Gasteiger partial charge is 0.193 e. The Morgan fingerprint density at radius 3 is 2.45 bits per heavy atom. The third-order valence-electron chi connectivity index (χ3n) is 5.78. The number of benzene rings is 1. The van der Waals surface area contributed by atoms with Gasteiger partial charge in [-0.25, -0.2) is 8.42 Å². The second-order valence-electron chi connectivity index (χ2n) is 8.42. The molecule has 0 unspecified atom stereocenters. The number of sulfone groups is 1. The van der Waals surface area contributed by atoms with E-state index in [4.69, 9.17) is 4.74 Å². The highest BCUT2D eigenvalue weighted by molar-refractivity contribution is 14.0.